The van der Waals surface area contributed by atoms with Crippen molar-refractivity contribution in [3.05, 3.63) is 47.2 Å². The SMILES string of the molecule is Cc1cc2n(n1)CC[C@@H](NC(=O)C1=NN=C(Cc3cccc(F)c3F)C1)C(=O)N2C. The van der Waals surface area contributed by atoms with E-state index in [9.17, 15) is 18.4 Å². The van der Waals surface area contributed by atoms with Crippen LogP contribution >= 0.6 is 0 Å². The maximum atomic E-state index is 13.9. The minimum atomic E-state index is -0.934. The van der Waals surface area contributed by atoms with Crippen molar-refractivity contribution in [2.24, 2.45) is 10.2 Å². The molecule has 30 heavy (non-hydrogen) atoms. The lowest BCUT2D eigenvalue weighted by atomic mass is 10.0. The van der Waals surface area contributed by atoms with E-state index in [0.29, 0.717) is 24.5 Å². The van der Waals surface area contributed by atoms with Crippen LogP contribution < -0.4 is 10.2 Å². The molecule has 3 heterocycles. The quantitative estimate of drug-likeness (QED) is 0.827. The minimum Gasteiger partial charge on any atom is -0.339 e. The molecule has 2 aliphatic rings. The van der Waals surface area contributed by atoms with Gasteiger partial charge in [0, 0.05) is 32.5 Å². The number of hydrogen-bond donors (Lipinski definition) is 1. The number of rotatable bonds is 4. The lowest BCUT2D eigenvalue weighted by Crippen LogP contribution is -2.48. The number of fused-ring (bicyclic) bond motifs is 1. The van der Waals surface area contributed by atoms with Gasteiger partial charge in [0.2, 0.25) is 0 Å². The molecule has 1 aromatic heterocycles. The van der Waals surface area contributed by atoms with E-state index in [2.05, 4.69) is 20.6 Å². The van der Waals surface area contributed by atoms with E-state index < -0.39 is 23.6 Å². The molecule has 0 radical (unpaired) electrons. The number of carbonyl (C=O) groups is 2. The van der Waals surface area contributed by atoms with Gasteiger partial charge in [-0.3, -0.25) is 14.5 Å². The predicted octanol–water partition coefficient (Wildman–Crippen LogP) is 1.76. The van der Waals surface area contributed by atoms with Crippen LogP contribution in [-0.4, -0.2) is 46.1 Å². The smallest absolute Gasteiger partial charge is 0.268 e. The summed E-state index contributed by atoms with van der Waals surface area (Å²) in [4.78, 5) is 26.9. The van der Waals surface area contributed by atoms with Crippen molar-refractivity contribution in [2.45, 2.75) is 38.8 Å². The molecule has 0 spiro atoms. The minimum absolute atomic E-state index is 0.0510. The summed E-state index contributed by atoms with van der Waals surface area (Å²) in [5, 5.41) is 14.9. The largest absolute Gasteiger partial charge is 0.339 e. The molecule has 0 saturated heterocycles. The summed E-state index contributed by atoms with van der Waals surface area (Å²) in [6, 6.07) is 5.01. The summed E-state index contributed by atoms with van der Waals surface area (Å²) < 4.78 is 29.0. The number of halogens is 2. The average Bonchev–Trinajstić information content (AvgIpc) is 3.31. The van der Waals surface area contributed by atoms with Gasteiger partial charge in [-0.1, -0.05) is 12.1 Å². The fraction of sp³-hybridized carbons (Fsp3) is 0.350. The number of anilines is 1. The molecular weight excluding hydrogens is 394 g/mol. The van der Waals surface area contributed by atoms with Gasteiger partial charge in [0.1, 0.15) is 17.6 Å². The zero-order valence-electron chi connectivity index (χ0n) is 16.5. The highest BCUT2D eigenvalue weighted by molar-refractivity contribution is 6.43. The summed E-state index contributed by atoms with van der Waals surface area (Å²) in [6.07, 6.45) is 0.549. The third kappa shape index (κ3) is 3.72. The van der Waals surface area contributed by atoms with Crippen LogP contribution in [0.5, 0.6) is 0 Å². The number of benzene rings is 1. The van der Waals surface area contributed by atoms with Gasteiger partial charge < -0.3 is 5.32 Å². The van der Waals surface area contributed by atoms with E-state index in [-0.39, 0.29) is 30.0 Å². The second-order valence-electron chi connectivity index (χ2n) is 7.36. The molecule has 1 atom stereocenters. The maximum absolute atomic E-state index is 13.9. The second-order valence-corrected chi connectivity index (χ2v) is 7.36. The summed E-state index contributed by atoms with van der Waals surface area (Å²) >= 11 is 0. The van der Waals surface area contributed by atoms with Crippen LogP contribution in [0.3, 0.4) is 0 Å². The van der Waals surface area contributed by atoms with Crippen LogP contribution in [-0.2, 0) is 22.6 Å². The number of aromatic nitrogens is 2. The first-order valence-electron chi connectivity index (χ1n) is 9.51. The Bertz CT molecular complexity index is 1090. The summed E-state index contributed by atoms with van der Waals surface area (Å²) in [6.45, 7) is 2.34. The highest BCUT2D eigenvalue weighted by Gasteiger charge is 2.32. The first-order valence-corrected chi connectivity index (χ1v) is 9.51. The monoisotopic (exact) mass is 414 g/mol. The fourth-order valence-corrected chi connectivity index (χ4v) is 3.59. The zero-order valence-corrected chi connectivity index (χ0v) is 16.5. The molecule has 10 heteroatoms. The molecule has 2 aliphatic heterocycles. The third-order valence-corrected chi connectivity index (χ3v) is 5.16. The van der Waals surface area contributed by atoms with Gasteiger partial charge in [0.25, 0.3) is 11.8 Å². The van der Waals surface area contributed by atoms with Crippen LogP contribution in [0, 0.1) is 18.6 Å². The molecule has 156 valence electrons. The number of nitrogens with one attached hydrogen (secondary N) is 1. The first kappa shape index (κ1) is 19.9. The lowest BCUT2D eigenvalue weighted by molar-refractivity contribution is -0.124. The highest BCUT2D eigenvalue weighted by atomic mass is 19.2. The van der Waals surface area contributed by atoms with Gasteiger partial charge in [-0.15, -0.1) is 5.10 Å². The van der Waals surface area contributed by atoms with Crippen molar-refractivity contribution in [1.29, 1.82) is 0 Å². The number of amides is 2. The Balaban J connectivity index is 1.38. The average molecular weight is 414 g/mol. The second kappa shape index (κ2) is 7.77. The summed E-state index contributed by atoms with van der Waals surface area (Å²) in [7, 11) is 1.64. The van der Waals surface area contributed by atoms with Crippen molar-refractivity contribution in [1.82, 2.24) is 15.1 Å². The van der Waals surface area contributed by atoms with Gasteiger partial charge in [-0.2, -0.15) is 10.2 Å². The molecule has 0 aliphatic carbocycles. The van der Waals surface area contributed by atoms with Gasteiger partial charge in [0.05, 0.1) is 11.4 Å². The number of aryl methyl sites for hydroxylation is 2. The Morgan fingerprint density at radius 2 is 2.10 bits per heavy atom. The van der Waals surface area contributed by atoms with Crippen LogP contribution in [0.15, 0.2) is 34.5 Å². The summed E-state index contributed by atoms with van der Waals surface area (Å²) in [5.74, 6) is -1.94. The maximum Gasteiger partial charge on any atom is 0.268 e. The van der Waals surface area contributed by atoms with Gasteiger partial charge in [0.15, 0.2) is 11.6 Å². The van der Waals surface area contributed by atoms with E-state index in [1.807, 2.05) is 13.0 Å². The predicted molar refractivity (Wildman–Crippen MR) is 106 cm³/mol. The number of hydrogen-bond acceptors (Lipinski definition) is 5. The molecule has 0 bridgehead atoms. The molecule has 2 amide bonds. The summed E-state index contributed by atoms with van der Waals surface area (Å²) in [5.41, 5.74) is 1.54. The van der Waals surface area contributed by atoms with Crippen molar-refractivity contribution < 1.29 is 18.4 Å². The molecule has 0 fully saturated rings. The van der Waals surface area contributed by atoms with E-state index in [0.717, 1.165) is 11.8 Å². The zero-order chi connectivity index (χ0) is 21.4. The van der Waals surface area contributed by atoms with Gasteiger partial charge in [-0.05, 0) is 25.0 Å². The van der Waals surface area contributed by atoms with Crippen molar-refractivity contribution in [3.63, 3.8) is 0 Å². The van der Waals surface area contributed by atoms with E-state index in [1.54, 1.807) is 11.7 Å². The Labute approximate surface area is 171 Å². The fourth-order valence-electron chi connectivity index (χ4n) is 3.59. The molecule has 1 N–H and O–H groups in total. The third-order valence-electron chi connectivity index (χ3n) is 5.16. The van der Waals surface area contributed by atoms with Crippen LogP contribution in [0.2, 0.25) is 0 Å². The topological polar surface area (TPSA) is 92.0 Å². The van der Waals surface area contributed by atoms with Crippen LogP contribution in [0.25, 0.3) is 0 Å². The molecule has 4 rings (SSSR count). The van der Waals surface area contributed by atoms with Gasteiger partial charge >= 0.3 is 0 Å². The van der Waals surface area contributed by atoms with E-state index >= 15 is 0 Å². The van der Waals surface area contributed by atoms with Crippen LogP contribution in [0.4, 0.5) is 14.6 Å². The Morgan fingerprint density at radius 3 is 2.90 bits per heavy atom. The molecule has 0 unspecified atom stereocenters. The molecule has 0 saturated carbocycles. The number of nitrogens with zero attached hydrogens (tertiary/aromatic N) is 5. The highest BCUT2D eigenvalue weighted by Crippen LogP contribution is 2.21. The van der Waals surface area contributed by atoms with E-state index in [4.69, 9.17) is 0 Å². The standard InChI is InChI=1S/C20H20F2N6O2/c1-11-8-17-27(2)20(30)15(6-7-28(17)26-11)23-19(29)16-10-13(24-25-16)9-12-4-3-5-14(21)18(12)22/h3-5,8,15H,6-7,9-10H2,1-2H3,(H,23,29)/t15-/m1/s1. The normalized spacial score (nSPS) is 18.6. The Kier molecular flexibility index (Phi) is 5.15. The molecule has 8 nitrogen and oxygen atoms in total. The Morgan fingerprint density at radius 1 is 1.30 bits per heavy atom. The number of likely N-dealkylation sites (N-methyl/N-ethyl adjacent to an activating group) is 1. The molecular formula is C20H20F2N6O2. The van der Waals surface area contributed by atoms with Crippen LogP contribution in [0.1, 0.15) is 24.1 Å². The van der Waals surface area contributed by atoms with E-state index in [1.165, 1.54) is 17.0 Å². The van der Waals surface area contributed by atoms with Crippen molar-refractivity contribution in [2.75, 3.05) is 11.9 Å². The number of carbonyl (C=O) groups excluding carboxylic acids is 2. The Hall–Kier alpha value is -3.43. The van der Waals surface area contributed by atoms with Crippen molar-refractivity contribution in [3.8, 4) is 0 Å². The molecule has 2 aromatic rings. The van der Waals surface area contributed by atoms with Crippen molar-refractivity contribution >= 4 is 29.1 Å². The first-order chi connectivity index (χ1) is 14.3. The van der Waals surface area contributed by atoms with Gasteiger partial charge in [-0.25, -0.2) is 13.5 Å². The molecule has 1 aromatic carbocycles. The lowest BCUT2D eigenvalue weighted by Gasteiger charge is -2.20.